The van der Waals surface area contributed by atoms with Gasteiger partial charge in [-0.3, -0.25) is 9.78 Å². The van der Waals surface area contributed by atoms with Gasteiger partial charge in [-0.25, -0.2) is 0 Å². The lowest BCUT2D eigenvalue weighted by Gasteiger charge is -2.33. The minimum atomic E-state index is 0.0406. The van der Waals surface area contributed by atoms with Gasteiger partial charge in [0.05, 0.1) is 24.8 Å². The molecular formula is C11H14N2O2. The van der Waals surface area contributed by atoms with E-state index in [1.807, 2.05) is 11.8 Å². The van der Waals surface area contributed by atoms with Crippen LogP contribution in [0.1, 0.15) is 17.3 Å². The minimum Gasteiger partial charge on any atom is -0.377 e. The fraction of sp³-hybridized carbons (Fsp3) is 0.455. The number of aromatic nitrogens is 1. The van der Waals surface area contributed by atoms with Gasteiger partial charge in [0.25, 0.3) is 5.91 Å². The third kappa shape index (κ3) is 2.15. The number of ether oxygens (including phenoxy) is 1. The Kier molecular flexibility index (Phi) is 2.97. The molecule has 0 radical (unpaired) electrons. The molecule has 1 aliphatic heterocycles. The van der Waals surface area contributed by atoms with Gasteiger partial charge < -0.3 is 9.64 Å². The highest BCUT2D eigenvalue weighted by molar-refractivity contribution is 5.94. The summed E-state index contributed by atoms with van der Waals surface area (Å²) < 4.78 is 5.29. The van der Waals surface area contributed by atoms with Crippen LogP contribution in [0, 0.1) is 0 Å². The van der Waals surface area contributed by atoms with Crippen molar-refractivity contribution in [3.63, 3.8) is 0 Å². The van der Waals surface area contributed by atoms with E-state index in [1.54, 1.807) is 24.5 Å². The van der Waals surface area contributed by atoms with Crippen molar-refractivity contribution in [1.29, 1.82) is 0 Å². The van der Waals surface area contributed by atoms with Gasteiger partial charge in [0.15, 0.2) is 0 Å². The maximum Gasteiger partial charge on any atom is 0.255 e. The highest BCUT2D eigenvalue weighted by Crippen LogP contribution is 2.11. The molecular weight excluding hydrogens is 192 g/mol. The van der Waals surface area contributed by atoms with E-state index in [1.165, 1.54) is 0 Å². The van der Waals surface area contributed by atoms with Crippen LogP contribution in [-0.4, -0.2) is 41.6 Å². The van der Waals surface area contributed by atoms with Crippen LogP contribution < -0.4 is 0 Å². The van der Waals surface area contributed by atoms with Crippen molar-refractivity contribution in [3.8, 4) is 0 Å². The summed E-state index contributed by atoms with van der Waals surface area (Å²) in [5.41, 5.74) is 0.645. The molecule has 2 heterocycles. The van der Waals surface area contributed by atoms with Crippen LogP contribution in [0.2, 0.25) is 0 Å². The lowest BCUT2D eigenvalue weighted by molar-refractivity contribution is 0.00357. The highest BCUT2D eigenvalue weighted by atomic mass is 16.5. The van der Waals surface area contributed by atoms with Crippen LogP contribution in [0.3, 0.4) is 0 Å². The summed E-state index contributed by atoms with van der Waals surface area (Å²) in [5, 5.41) is 0. The van der Waals surface area contributed by atoms with Gasteiger partial charge in [0.2, 0.25) is 0 Å². The molecule has 0 aromatic carbocycles. The number of pyridine rings is 1. The Balaban J connectivity index is 2.13. The Labute approximate surface area is 88.9 Å². The van der Waals surface area contributed by atoms with E-state index < -0.39 is 0 Å². The van der Waals surface area contributed by atoms with Crippen molar-refractivity contribution < 1.29 is 9.53 Å². The third-order valence-electron chi connectivity index (χ3n) is 2.54. The molecule has 0 N–H and O–H groups in total. The molecule has 1 atom stereocenters. The van der Waals surface area contributed by atoms with Crippen LogP contribution in [-0.2, 0) is 4.74 Å². The molecule has 0 bridgehead atoms. The highest BCUT2D eigenvalue weighted by Gasteiger charge is 2.24. The SMILES string of the molecule is C[C@H]1COCCN1C(=O)c1cccnc1. The Morgan fingerprint density at radius 2 is 2.53 bits per heavy atom. The normalized spacial score (nSPS) is 21.4. The summed E-state index contributed by atoms with van der Waals surface area (Å²) in [7, 11) is 0. The number of rotatable bonds is 1. The monoisotopic (exact) mass is 206 g/mol. The number of carbonyl (C=O) groups is 1. The van der Waals surface area contributed by atoms with Crippen LogP contribution in [0.5, 0.6) is 0 Å². The molecule has 4 heteroatoms. The summed E-state index contributed by atoms with van der Waals surface area (Å²) in [6.45, 7) is 3.89. The quantitative estimate of drug-likeness (QED) is 0.686. The van der Waals surface area contributed by atoms with Crippen molar-refractivity contribution in [2.75, 3.05) is 19.8 Å². The van der Waals surface area contributed by atoms with Crippen LogP contribution in [0.4, 0.5) is 0 Å². The molecule has 0 spiro atoms. The zero-order chi connectivity index (χ0) is 10.7. The number of amides is 1. The third-order valence-corrected chi connectivity index (χ3v) is 2.54. The Hall–Kier alpha value is -1.42. The Bertz CT molecular complexity index is 340. The van der Waals surface area contributed by atoms with Crippen molar-refractivity contribution in [1.82, 2.24) is 9.88 Å². The zero-order valence-corrected chi connectivity index (χ0v) is 8.72. The van der Waals surface area contributed by atoms with Gasteiger partial charge in [-0.05, 0) is 19.1 Å². The molecule has 1 fully saturated rings. The number of carbonyl (C=O) groups excluding carboxylic acids is 1. The van der Waals surface area contributed by atoms with E-state index >= 15 is 0 Å². The molecule has 2 rings (SSSR count). The van der Waals surface area contributed by atoms with E-state index in [9.17, 15) is 4.79 Å². The van der Waals surface area contributed by atoms with Gasteiger partial charge in [-0.15, -0.1) is 0 Å². The van der Waals surface area contributed by atoms with Crippen molar-refractivity contribution in [2.45, 2.75) is 13.0 Å². The molecule has 1 aliphatic rings. The fourth-order valence-electron chi connectivity index (χ4n) is 1.68. The zero-order valence-electron chi connectivity index (χ0n) is 8.72. The summed E-state index contributed by atoms with van der Waals surface area (Å²) >= 11 is 0. The number of hydrogen-bond acceptors (Lipinski definition) is 3. The van der Waals surface area contributed by atoms with E-state index in [4.69, 9.17) is 4.74 Å². The van der Waals surface area contributed by atoms with E-state index in [2.05, 4.69) is 4.98 Å². The maximum absolute atomic E-state index is 12.0. The van der Waals surface area contributed by atoms with Crippen molar-refractivity contribution in [2.24, 2.45) is 0 Å². The predicted octanol–water partition coefficient (Wildman–Crippen LogP) is 0.943. The second kappa shape index (κ2) is 4.40. The van der Waals surface area contributed by atoms with Crippen LogP contribution in [0.15, 0.2) is 24.5 Å². The molecule has 0 saturated carbocycles. The topological polar surface area (TPSA) is 42.4 Å². The maximum atomic E-state index is 12.0. The lowest BCUT2D eigenvalue weighted by atomic mass is 10.2. The Morgan fingerprint density at radius 3 is 3.20 bits per heavy atom. The van der Waals surface area contributed by atoms with Crippen LogP contribution >= 0.6 is 0 Å². The first-order valence-electron chi connectivity index (χ1n) is 5.08. The molecule has 15 heavy (non-hydrogen) atoms. The molecule has 1 saturated heterocycles. The lowest BCUT2D eigenvalue weighted by Crippen LogP contribution is -2.47. The Morgan fingerprint density at radius 1 is 1.67 bits per heavy atom. The second-order valence-electron chi connectivity index (χ2n) is 3.66. The first-order chi connectivity index (χ1) is 7.29. The summed E-state index contributed by atoms with van der Waals surface area (Å²) in [5.74, 6) is 0.0406. The van der Waals surface area contributed by atoms with Gasteiger partial charge in [0.1, 0.15) is 0 Å². The second-order valence-corrected chi connectivity index (χ2v) is 3.66. The average Bonchev–Trinajstić information content (AvgIpc) is 2.30. The van der Waals surface area contributed by atoms with E-state index in [0.717, 1.165) is 0 Å². The molecule has 1 aromatic rings. The number of morpholine rings is 1. The molecule has 0 unspecified atom stereocenters. The smallest absolute Gasteiger partial charge is 0.255 e. The molecule has 80 valence electrons. The summed E-state index contributed by atoms with van der Waals surface area (Å²) in [4.78, 5) is 17.8. The van der Waals surface area contributed by atoms with E-state index in [0.29, 0.717) is 25.3 Å². The predicted molar refractivity (Wildman–Crippen MR) is 55.6 cm³/mol. The van der Waals surface area contributed by atoms with Gasteiger partial charge in [0, 0.05) is 18.9 Å². The largest absolute Gasteiger partial charge is 0.377 e. The molecule has 4 nitrogen and oxygen atoms in total. The molecule has 1 aromatic heterocycles. The van der Waals surface area contributed by atoms with Gasteiger partial charge >= 0.3 is 0 Å². The summed E-state index contributed by atoms with van der Waals surface area (Å²) in [6, 6.07) is 3.71. The molecule has 0 aliphatic carbocycles. The fourth-order valence-corrected chi connectivity index (χ4v) is 1.68. The van der Waals surface area contributed by atoms with E-state index in [-0.39, 0.29) is 11.9 Å². The van der Waals surface area contributed by atoms with Crippen molar-refractivity contribution in [3.05, 3.63) is 30.1 Å². The average molecular weight is 206 g/mol. The molecule has 1 amide bonds. The van der Waals surface area contributed by atoms with Gasteiger partial charge in [-0.2, -0.15) is 0 Å². The number of hydrogen-bond donors (Lipinski definition) is 0. The standard InChI is InChI=1S/C11H14N2O2/c1-9-8-15-6-5-13(9)11(14)10-3-2-4-12-7-10/h2-4,7,9H,5-6,8H2,1H3/t9-/m0/s1. The summed E-state index contributed by atoms with van der Waals surface area (Å²) in [6.07, 6.45) is 3.27. The first kappa shape index (κ1) is 10.1. The minimum absolute atomic E-state index is 0.0406. The number of nitrogens with zero attached hydrogens (tertiary/aromatic N) is 2. The first-order valence-corrected chi connectivity index (χ1v) is 5.08. The van der Waals surface area contributed by atoms with Crippen LogP contribution in [0.25, 0.3) is 0 Å². The van der Waals surface area contributed by atoms with Gasteiger partial charge in [-0.1, -0.05) is 0 Å². The van der Waals surface area contributed by atoms with Crippen molar-refractivity contribution >= 4 is 5.91 Å².